The lowest BCUT2D eigenvalue weighted by Crippen LogP contribution is -2.56. The van der Waals surface area contributed by atoms with Crippen LogP contribution in [0.2, 0.25) is 0 Å². The summed E-state index contributed by atoms with van der Waals surface area (Å²) in [6, 6.07) is 10.9. The van der Waals surface area contributed by atoms with E-state index in [9.17, 15) is 14.7 Å². The van der Waals surface area contributed by atoms with Gasteiger partial charge in [-0.15, -0.1) is 0 Å². The molecule has 2 aliphatic carbocycles. The summed E-state index contributed by atoms with van der Waals surface area (Å²) >= 11 is 0. The van der Waals surface area contributed by atoms with E-state index < -0.39 is 5.97 Å². The molecule has 3 aliphatic rings. The van der Waals surface area contributed by atoms with E-state index in [1.807, 2.05) is 6.07 Å². The zero-order chi connectivity index (χ0) is 20.2. The molecule has 2 saturated carbocycles. The quantitative estimate of drug-likeness (QED) is 0.667. The minimum absolute atomic E-state index is 0.0631. The molecule has 0 bridgehead atoms. The van der Waals surface area contributed by atoms with Gasteiger partial charge in [0, 0.05) is 31.7 Å². The number of benzene rings is 1. The van der Waals surface area contributed by atoms with Gasteiger partial charge in [-0.1, -0.05) is 30.3 Å². The Morgan fingerprint density at radius 2 is 1.90 bits per heavy atom. The van der Waals surface area contributed by atoms with E-state index in [1.54, 1.807) is 0 Å². The summed E-state index contributed by atoms with van der Waals surface area (Å²) in [5.74, 6) is 0.172. The van der Waals surface area contributed by atoms with Gasteiger partial charge in [0.25, 0.3) is 0 Å². The van der Waals surface area contributed by atoms with Crippen molar-refractivity contribution in [3.05, 3.63) is 35.9 Å². The van der Waals surface area contributed by atoms with Gasteiger partial charge in [0.2, 0.25) is 5.91 Å². The predicted molar refractivity (Wildman–Crippen MR) is 111 cm³/mol. The molecule has 0 aromatic heterocycles. The minimum Gasteiger partial charge on any atom is -0.480 e. The number of amides is 1. The monoisotopic (exact) mass is 399 g/mol. The normalized spacial score (nSPS) is 27.4. The third-order valence-corrected chi connectivity index (χ3v) is 6.63. The molecule has 1 aromatic carbocycles. The van der Waals surface area contributed by atoms with Crippen molar-refractivity contribution in [1.29, 1.82) is 0 Å². The van der Waals surface area contributed by atoms with E-state index >= 15 is 0 Å². The maximum absolute atomic E-state index is 12.8. The summed E-state index contributed by atoms with van der Waals surface area (Å²) in [5.41, 5.74) is 1.30. The number of hydrogen-bond acceptors (Lipinski definition) is 4. The van der Waals surface area contributed by atoms with Crippen molar-refractivity contribution in [2.45, 2.75) is 57.2 Å². The number of carbonyl (C=O) groups is 2. The minimum atomic E-state index is -0.751. The first-order valence-corrected chi connectivity index (χ1v) is 11.1. The fourth-order valence-electron chi connectivity index (χ4n) is 4.73. The SMILES string of the molecule is O=C(O)CN(CC1CC1)C1CC(NC(=O)C2CCCN(Cc3ccccc3)C2)C1. The van der Waals surface area contributed by atoms with Crippen molar-refractivity contribution < 1.29 is 14.7 Å². The van der Waals surface area contributed by atoms with Crippen LogP contribution in [0.3, 0.4) is 0 Å². The number of aliphatic carboxylic acids is 1. The Labute approximate surface area is 173 Å². The molecular weight excluding hydrogens is 366 g/mol. The van der Waals surface area contributed by atoms with Crippen LogP contribution < -0.4 is 5.32 Å². The standard InChI is InChI=1S/C23H33N3O3/c27-22(28)16-26(14-18-8-9-18)21-11-20(12-21)24-23(29)19-7-4-10-25(15-19)13-17-5-2-1-3-6-17/h1-3,5-6,18-21H,4,7-16H2,(H,24,29)(H,27,28). The number of piperidine rings is 1. The van der Waals surface area contributed by atoms with E-state index in [0.29, 0.717) is 12.0 Å². The summed E-state index contributed by atoms with van der Waals surface area (Å²) in [7, 11) is 0. The Morgan fingerprint density at radius 1 is 1.14 bits per heavy atom. The number of rotatable bonds is 9. The summed E-state index contributed by atoms with van der Waals surface area (Å²) < 4.78 is 0. The molecule has 3 fully saturated rings. The van der Waals surface area contributed by atoms with E-state index in [4.69, 9.17) is 0 Å². The van der Waals surface area contributed by atoms with Crippen LogP contribution in [0.1, 0.15) is 44.1 Å². The van der Waals surface area contributed by atoms with Gasteiger partial charge in [-0.3, -0.25) is 19.4 Å². The molecule has 6 heteroatoms. The summed E-state index contributed by atoms with van der Waals surface area (Å²) in [5, 5.41) is 12.4. The number of hydrogen-bond donors (Lipinski definition) is 2. The van der Waals surface area contributed by atoms with E-state index in [1.165, 1.54) is 18.4 Å². The highest BCUT2D eigenvalue weighted by atomic mass is 16.4. The van der Waals surface area contributed by atoms with Crippen molar-refractivity contribution in [2.24, 2.45) is 11.8 Å². The molecule has 29 heavy (non-hydrogen) atoms. The molecule has 1 saturated heterocycles. The van der Waals surface area contributed by atoms with Crippen LogP contribution in [0.25, 0.3) is 0 Å². The van der Waals surface area contributed by atoms with Crippen LogP contribution in [0, 0.1) is 11.8 Å². The number of likely N-dealkylation sites (tertiary alicyclic amines) is 1. The highest BCUT2D eigenvalue weighted by Crippen LogP contribution is 2.34. The Balaban J connectivity index is 1.22. The summed E-state index contributed by atoms with van der Waals surface area (Å²) in [6.07, 6.45) is 6.23. The van der Waals surface area contributed by atoms with Crippen LogP contribution in [-0.2, 0) is 16.1 Å². The second-order valence-electron chi connectivity index (χ2n) is 9.16. The van der Waals surface area contributed by atoms with Crippen LogP contribution in [0.4, 0.5) is 0 Å². The van der Waals surface area contributed by atoms with Crippen LogP contribution >= 0.6 is 0 Å². The molecule has 1 heterocycles. The largest absolute Gasteiger partial charge is 0.480 e. The van der Waals surface area contributed by atoms with E-state index in [0.717, 1.165) is 51.9 Å². The van der Waals surface area contributed by atoms with Gasteiger partial charge in [-0.2, -0.15) is 0 Å². The number of nitrogens with zero attached hydrogens (tertiary/aromatic N) is 2. The Bertz CT molecular complexity index is 701. The van der Waals surface area contributed by atoms with Gasteiger partial charge < -0.3 is 10.4 Å². The average Bonchev–Trinajstić information content (AvgIpc) is 3.48. The van der Waals surface area contributed by atoms with Gasteiger partial charge >= 0.3 is 5.97 Å². The van der Waals surface area contributed by atoms with Crippen LogP contribution in [-0.4, -0.2) is 65.0 Å². The maximum Gasteiger partial charge on any atom is 0.317 e. The molecule has 6 nitrogen and oxygen atoms in total. The van der Waals surface area contributed by atoms with Crippen LogP contribution in [0.5, 0.6) is 0 Å². The van der Waals surface area contributed by atoms with Crippen molar-refractivity contribution in [3.63, 3.8) is 0 Å². The molecular formula is C23H33N3O3. The molecule has 158 valence electrons. The number of carboxylic acid groups (broad SMARTS) is 1. The fraction of sp³-hybridized carbons (Fsp3) is 0.652. The number of carbonyl (C=O) groups excluding carboxylic acids is 1. The van der Waals surface area contributed by atoms with E-state index in [-0.39, 0.29) is 24.4 Å². The first-order valence-electron chi connectivity index (χ1n) is 11.1. The smallest absolute Gasteiger partial charge is 0.317 e. The van der Waals surface area contributed by atoms with Crippen molar-refractivity contribution in [1.82, 2.24) is 15.1 Å². The molecule has 2 N–H and O–H groups in total. The summed E-state index contributed by atoms with van der Waals surface area (Å²) in [6.45, 7) is 3.80. The zero-order valence-electron chi connectivity index (χ0n) is 17.1. The topological polar surface area (TPSA) is 72.9 Å². The molecule has 0 spiro atoms. The molecule has 1 atom stereocenters. The third kappa shape index (κ3) is 5.80. The first kappa shape index (κ1) is 20.4. The van der Waals surface area contributed by atoms with Crippen molar-refractivity contribution in [3.8, 4) is 0 Å². The average molecular weight is 400 g/mol. The molecule has 1 unspecified atom stereocenters. The lowest BCUT2D eigenvalue weighted by molar-refractivity contribution is -0.140. The Kier molecular flexibility index (Phi) is 6.50. The first-order chi connectivity index (χ1) is 14.1. The fourth-order valence-corrected chi connectivity index (χ4v) is 4.73. The van der Waals surface area contributed by atoms with Gasteiger partial charge in [0.05, 0.1) is 12.5 Å². The number of carboxylic acids is 1. The lowest BCUT2D eigenvalue weighted by Gasteiger charge is -2.43. The molecule has 1 aromatic rings. The summed E-state index contributed by atoms with van der Waals surface area (Å²) in [4.78, 5) is 28.5. The lowest BCUT2D eigenvalue weighted by atomic mass is 9.84. The Morgan fingerprint density at radius 3 is 2.59 bits per heavy atom. The van der Waals surface area contributed by atoms with E-state index in [2.05, 4.69) is 39.4 Å². The van der Waals surface area contributed by atoms with Crippen molar-refractivity contribution in [2.75, 3.05) is 26.2 Å². The molecule has 1 amide bonds. The predicted octanol–water partition coefficient (Wildman–Crippen LogP) is 2.34. The van der Waals surface area contributed by atoms with Gasteiger partial charge in [-0.25, -0.2) is 0 Å². The van der Waals surface area contributed by atoms with Gasteiger partial charge in [0.1, 0.15) is 0 Å². The van der Waals surface area contributed by atoms with Gasteiger partial charge in [-0.05, 0) is 56.6 Å². The molecule has 1 aliphatic heterocycles. The maximum atomic E-state index is 12.8. The molecule has 0 radical (unpaired) electrons. The molecule has 4 rings (SSSR count). The second kappa shape index (κ2) is 9.26. The number of nitrogens with one attached hydrogen (secondary N) is 1. The van der Waals surface area contributed by atoms with Gasteiger partial charge in [0.15, 0.2) is 0 Å². The third-order valence-electron chi connectivity index (χ3n) is 6.63. The van der Waals surface area contributed by atoms with Crippen LogP contribution in [0.15, 0.2) is 30.3 Å². The zero-order valence-corrected chi connectivity index (χ0v) is 17.1. The highest BCUT2D eigenvalue weighted by Gasteiger charge is 2.38. The van der Waals surface area contributed by atoms with Crippen molar-refractivity contribution >= 4 is 11.9 Å². The second-order valence-corrected chi connectivity index (χ2v) is 9.16. The Hall–Kier alpha value is -1.92. The highest BCUT2D eigenvalue weighted by molar-refractivity contribution is 5.79.